The molecule has 3 nitrogen and oxygen atoms in total. The van der Waals surface area contributed by atoms with Crippen LogP contribution in [-0.2, 0) is 4.79 Å². The third-order valence-corrected chi connectivity index (χ3v) is 4.23. The maximum absolute atomic E-state index is 11.9. The predicted octanol–water partition coefficient (Wildman–Crippen LogP) is 2.61. The summed E-state index contributed by atoms with van der Waals surface area (Å²) < 4.78 is 1.04. The zero-order valence-corrected chi connectivity index (χ0v) is 11.8. The summed E-state index contributed by atoms with van der Waals surface area (Å²) >= 11 is 5.01. The first kappa shape index (κ1) is 12.1. The van der Waals surface area contributed by atoms with Gasteiger partial charge in [0.2, 0.25) is 5.91 Å². The van der Waals surface area contributed by atoms with E-state index >= 15 is 0 Å². The molecular formula is C11H15BrN2OS. The second-order valence-corrected chi connectivity index (χ2v) is 6.14. The zero-order valence-electron chi connectivity index (χ0n) is 9.37. The van der Waals surface area contributed by atoms with Crippen LogP contribution < -0.4 is 10.2 Å². The molecule has 1 N–H and O–H groups in total. The van der Waals surface area contributed by atoms with Gasteiger partial charge in [-0.15, -0.1) is 11.3 Å². The number of hydrogen-bond acceptors (Lipinski definition) is 3. The molecule has 1 aromatic heterocycles. The number of thiophene rings is 1. The SMILES string of the molecule is CC(C)NC1CC(=O)N(c2cc(Br)cs2)C1. The number of rotatable bonds is 3. The molecule has 1 unspecified atom stereocenters. The minimum Gasteiger partial charge on any atom is -0.309 e. The highest BCUT2D eigenvalue weighted by atomic mass is 79.9. The van der Waals surface area contributed by atoms with E-state index in [0.717, 1.165) is 16.0 Å². The second kappa shape index (κ2) is 4.85. The van der Waals surface area contributed by atoms with Gasteiger partial charge in [0.05, 0.1) is 5.00 Å². The number of nitrogens with one attached hydrogen (secondary N) is 1. The van der Waals surface area contributed by atoms with Crippen LogP contribution in [-0.4, -0.2) is 24.5 Å². The van der Waals surface area contributed by atoms with Crippen LogP contribution in [0, 0.1) is 0 Å². The van der Waals surface area contributed by atoms with E-state index in [-0.39, 0.29) is 11.9 Å². The highest BCUT2D eigenvalue weighted by Gasteiger charge is 2.31. The predicted molar refractivity (Wildman–Crippen MR) is 71.0 cm³/mol. The fourth-order valence-corrected chi connectivity index (χ4v) is 3.40. The van der Waals surface area contributed by atoms with E-state index in [1.54, 1.807) is 11.3 Å². The van der Waals surface area contributed by atoms with Crippen LogP contribution in [0.15, 0.2) is 15.9 Å². The average Bonchev–Trinajstić information content (AvgIpc) is 2.72. The molecule has 5 heteroatoms. The summed E-state index contributed by atoms with van der Waals surface area (Å²) in [7, 11) is 0. The molecule has 0 aliphatic carbocycles. The van der Waals surface area contributed by atoms with Crippen LogP contribution in [0.3, 0.4) is 0 Å². The Morgan fingerprint density at radius 3 is 2.94 bits per heavy atom. The van der Waals surface area contributed by atoms with Gasteiger partial charge in [-0.3, -0.25) is 4.79 Å². The first-order valence-electron chi connectivity index (χ1n) is 5.36. The molecule has 1 aliphatic rings. The van der Waals surface area contributed by atoms with Gasteiger partial charge >= 0.3 is 0 Å². The van der Waals surface area contributed by atoms with Crippen LogP contribution in [0.2, 0.25) is 0 Å². The lowest BCUT2D eigenvalue weighted by Gasteiger charge is -2.16. The molecule has 0 aromatic carbocycles. The highest BCUT2D eigenvalue weighted by molar-refractivity contribution is 9.10. The Hall–Kier alpha value is -0.390. The summed E-state index contributed by atoms with van der Waals surface area (Å²) in [5.41, 5.74) is 0. The number of carbonyl (C=O) groups is 1. The fourth-order valence-electron chi connectivity index (χ4n) is 1.95. The molecule has 0 saturated carbocycles. The van der Waals surface area contributed by atoms with Crippen molar-refractivity contribution in [1.82, 2.24) is 5.32 Å². The van der Waals surface area contributed by atoms with Crippen molar-refractivity contribution in [3.63, 3.8) is 0 Å². The molecule has 0 spiro atoms. The van der Waals surface area contributed by atoms with Crippen molar-refractivity contribution in [2.75, 3.05) is 11.4 Å². The maximum Gasteiger partial charge on any atom is 0.229 e. The standard InChI is InChI=1S/C11H15BrN2OS/c1-7(2)13-9-4-10(15)14(5-9)11-3-8(12)6-16-11/h3,6-7,9,13H,4-5H2,1-2H3. The molecule has 1 aliphatic heterocycles. The Morgan fingerprint density at radius 2 is 2.38 bits per heavy atom. The number of halogens is 1. The molecule has 0 radical (unpaired) electrons. The smallest absolute Gasteiger partial charge is 0.229 e. The third-order valence-electron chi connectivity index (χ3n) is 2.51. The van der Waals surface area contributed by atoms with Crippen LogP contribution in [0.4, 0.5) is 5.00 Å². The Kier molecular flexibility index (Phi) is 3.66. The molecule has 88 valence electrons. The van der Waals surface area contributed by atoms with Gasteiger partial charge in [0.25, 0.3) is 0 Å². The van der Waals surface area contributed by atoms with E-state index in [0.29, 0.717) is 12.5 Å². The van der Waals surface area contributed by atoms with Crippen molar-refractivity contribution in [2.45, 2.75) is 32.4 Å². The lowest BCUT2D eigenvalue weighted by atomic mass is 10.2. The Labute approximate surface area is 108 Å². The van der Waals surface area contributed by atoms with Gasteiger partial charge in [0.1, 0.15) is 0 Å². The lowest BCUT2D eigenvalue weighted by Crippen LogP contribution is -2.36. The van der Waals surface area contributed by atoms with Gasteiger partial charge in [0.15, 0.2) is 0 Å². The minimum atomic E-state index is 0.215. The number of amides is 1. The molecule has 1 saturated heterocycles. The van der Waals surface area contributed by atoms with Crippen molar-refractivity contribution in [1.29, 1.82) is 0 Å². The largest absolute Gasteiger partial charge is 0.309 e. The van der Waals surface area contributed by atoms with E-state index in [1.165, 1.54) is 0 Å². The highest BCUT2D eigenvalue weighted by Crippen LogP contribution is 2.31. The number of carbonyl (C=O) groups excluding carboxylic acids is 1. The van der Waals surface area contributed by atoms with E-state index < -0.39 is 0 Å². The molecule has 1 fully saturated rings. The van der Waals surface area contributed by atoms with Gasteiger partial charge < -0.3 is 10.2 Å². The van der Waals surface area contributed by atoms with Crippen molar-refractivity contribution in [3.8, 4) is 0 Å². The summed E-state index contributed by atoms with van der Waals surface area (Å²) in [6.07, 6.45) is 0.605. The third kappa shape index (κ3) is 2.64. The van der Waals surface area contributed by atoms with Gasteiger partial charge in [-0.25, -0.2) is 0 Å². The maximum atomic E-state index is 11.9. The van der Waals surface area contributed by atoms with Gasteiger partial charge in [-0.1, -0.05) is 13.8 Å². The first-order chi connectivity index (χ1) is 7.56. The average molecular weight is 303 g/mol. The summed E-state index contributed by atoms with van der Waals surface area (Å²) in [5, 5.41) is 6.45. The van der Waals surface area contributed by atoms with E-state index in [4.69, 9.17) is 0 Å². The van der Waals surface area contributed by atoms with Crippen LogP contribution in [0.25, 0.3) is 0 Å². The molecule has 1 aromatic rings. The quantitative estimate of drug-likeness (QED) is 0.931. The normalized spacial score (nSPS) is 21.1. The molecular weight excluding hydrogens is 288 g/mol. The number of hydrogen-bond donors (Lipinski definition) is 1. The molecule has 16 heavy (non-hydrogen) atoms. The topological polar surface area (TPSA) is 32.3 Å². The van der Waals surface area contributed by atoms with E-state index in [1.807, 2.05) is 16.3 Å². The molecule has 2 rings (SSSR count). The van der Waals surface area contributed by atoms with Crippen molar-refractivity contribution >= 4 is 38.2 Å². The lowest BCUT2D eigenvalue weighted by molar-refractivity contribution is -0.117. The van der Waals surface area contributed by atoms with E-state index in [9.17, 15) is 4.79 Å². The van der Waals surface area contributed by atoms with Crippen molar-refractivity contribution in [2.24, 2.45) is 0 Å². The van der Waals surface area contributed by atoms with Crippen LogP contribution in [0.5, 0.6) is 0 Å². The Bertz CT molecular complexity index is 391. The molecule has 1 atom stereocenters. The van der Waals surface area contributed by atoms with E-state index in [2.05, 4.69) is 35.1 Å². The number of anilines is 1. The summed E-state index contributed by atoms with van der Waals surface area (Å²) in [6.45, 7) is 4.99. The molecule has 1 amide bonds. The van der Waals surface area contributed by atoms with Crippen molar-refractivity contribution in [3.05, 3.63) is 15.9 Å². The summed E-state index contributed by atoms with van der Waals surface area (Å²) in [6, 6.07) is 2.71. The Balaban J connectivity index is 2.05. The number of nitrogens with zero attached hydrogens (tertiary/aromatic N) is 1. The first-order valence-corrected chi connectivity index (χ1v) is 7.04. The van der Waals surface area contributed by atoms with Crippen molar-refractivity contribution < 1.29 is 4.79 Å². The molecule has 0 bridgehead atoms. The van der Waals surface area contributed by atoms with Crippen LogP contribution >= 0.6 is 27.3 Å². The van der Waals surface area contributed by atoms with Gasteiger partial charge in [-0.2, -0.15) is 0 Å². The second-order valence-electron chi connectivity index (χ2n) is 4.33. The van der Waals surface area contributed by atoms with Crippen LogP contribution in [0.1, 0.15) is 20.3 Å². The Morgan fingerprint density at radius 1 is 1.62 bits per heavy atom. The monoisotopic (exact) mass is 302 g/mol. The molecule has 2 heterocycles. The fraction of sp³-hybridized carbons (Fsp3) is 0.545. The van der Waals surface area contributed by atoms with Gasteiger partial charge in [-0.05, 0) is 22.0 Å². The minimum absolute atomic E-state index is 0.215. The zero-order chi connectivity index (χ0) is 11.7. The summed E-state index contributed by atoms with van der Waals surface area (Å²) in [4.78, 5) is 13.7. The van der Waals surface area contributed by atoms with Gasteiger partial charge in [0, 0.05) is 34.9 Å². The summed E-state index contributed by atoms with van der Waals surface area (Å²) in [5.74, 6) is 0.215.